The first-order chi connectivity index (χ1) is 5.83. The quantitative estimate of drug-likeness (QED) is 0.693. The van der Waals surface area contributed by atoms with E-state index >= 15 is 0 Å². The van der Waals surface area contributed by atoms with Gasteiger partial charge in [-0.1, -0.05) is 0 Å². The molecule has 66 valence electrons. The minimum atomic E-state index is 0.747. The monoisotopic (exact) mass is 183 g/mol. The highest BCUT2D eigenvalue weighted by Crippen LogP contribution is 2.07. The zero-order valence-corrected chi connectivity index (χ0v) is 7.90. The summed E-state index contributed by atoms with van der Waals surface area (Å²) < 4.78 is 0. The minimum Gasteiger partial charge on any atom is -0.399 e. The molecule has 0 atom stereocenters. The fourth-order valence-corrected chi connectivity index (χ4v) is 1.13. The molecule has 12 heavy (non-hydrogen) atoms. The van der Waals surface area contributed by atoms with E-state index in [1.807, 2.05) is 6.07 Å². The number of aromatic nitrogens is 1. The maximum Gasteiger partial charge on any atom is 0.127 e. The summed E-state index contributed by atoms with van der Waals surface area (Å²) in [5, 5.41) is 3.17. The summed E-state index contributed by atoms with van der Waals surface area (Å²) in [7, 11) is 0. The molecule has 1 aromatic heterocycles. The predicted octanol–water partition coefficient (Wildman–Crippen LogP) is 1.44. The zero-order chi connectivity index (χ0) is 8.81. The molecule has 3 nitrogen and oxygen atoms in total. The number of rotatable bonds is 4. The molecule has 3 N–H and O–H groups in total. The van der Waals surface area contributed by atoms with E-state index in [0.29, 0.717) is 0 Å². The van der Waals surface area contributed by atoms with E-state index in [0.717, 1.165) is 23.8 Å². The molecule has 0 aliphatic carbocycles. The zero-order valence-electron chi connectivity index (χ0n) is 7.08. The van der Waals surface area contributed by atoms with Gasteiger partial charge in [0.1, 0.15) is 5.82 Å². The number of nitrogens with zero attached hydrogens (tertiary/aromatic N) is 1. The molecule has 0 aliphatic heterocycles. The van der Waals surface area contributed by atoms with Crippen LogP contribution in [0.25, 0.3) is 0 Å². The van der Waals surface area contributed by atoms with Crippen LogP contribution in [0.1, 0.15) is 0 Å². The highest BCUT2D eigenvalue weighted by atomic mass is 32.2. The van der Waals surface area contributed by atoms with Crippen LogP contribution in [0.15, 0.2) is 18.3 Å². The molecule has 0 fully saturated rings. The van der Waals surface area contributed by atoms with Gasteiger partial charge in [-0.2, -0.15) is 11.8 Å². The first-order valence-electron chi connectivity index (χ1n) is 3.77. The van der Waals surface area contributed by atoms with Gasteiger partial charge in [0.2, 0.25) is 0 Å². The van der Waals surface area contributed by atoms with E-state index in [-0.39, 0.29) is 0 Å². The van der Waals surface area contributed by atoms with Crippen molar-refractivity contribution in [2.24, 2.45) is 0 Å². The Bertz CT molecular complexity index is 239. The molecule has 0 bridgehead atoms. The van der Waals surface area contributed by atoms with Gasteiger partial charge < -0.3 is 11.1 Å². The first-order valence-corrected chi connectivity index (χ1v) is 5.16. The van der Waals surface area contributed by atoms with Crippen molar-refractivity contribution in [2.75, 3.05) is 29.6 Å². The summed E-state index contributed by atoms with van der Waals surface area (Å²) >= 11 is 1.80. The van der Waals surface area contributed by atoms with E-state index in [9.17, 15) is 0 Å². The van der Waals surface area contributed by atoms with Crippen LogP contribution < -0.4 is 11.1 Å². The van der Waals surface area contributed by atoms with E-state index in [1.54, 1.807) is 24.0 Å². The molecule has 1 rings (SSSR count). The topological polar surface area (TPSA) is 50.9 Å². The summed E-state index contributed by atoms with van der Waals surface area (Å²) in [6, 6.07) is 3.61. The van der Waals surface area contributed by atoms with Crippen LogP contribution in [0.2, 0.25) is 0 Å². The van der Waals surface area contributed by atoms with Crippen LogP contribution in [0, 0.1) is 0 Å². The molecule has 4 heteroatoms. The van der Waals surface area contributed by atoms with Gasteiger partial charge in [-0.25, -0.2) is 4.98 Å². The molecule has 0 aliphatic rings. The maximum absolute atomic E-state index is 5.58. The third-order valence-electron chi connectivity index (χ3n) is 1.40. The highest BCUT2D eigenvalue weighted by Gasteiger charge is 1.91. The van der Waals surface area contributed by atoms with Crippen molar-refractivity contribution in [3.63, 3.8) is 0 Å². The molecule has 0 aromatic carbocycles. The van der Waals surface area contributed by atoms with E-state index in [4.69, 9.17) is 5.73 Å². The Morgan fingerprint density at radius 1 is 1.67 bits per heavy atom. The number of anilines is 2. The lowest BCUT2D eigenvalue weighted by molar-refractivity contribution is 1.17. The molecule has 0 radical (unpaired) electrons. The van der Waals surface area contributed by atoms with Crippen molar-refractivity contribution in [3.8, 4) is 0 Å². The molecule has 0 amide bonds. The van der Waals surface area contributed by atoms with Crippen molar-refractivity contribution in [2.45, 2.75) is 0 Å². The van der Waals surface area contributed by atoms with Gasteiger partial charge in [0.05, 0.1) is 0 Å². The van der Waals surface area contributed by atoms with Crippen LogP contribution in [-0.2, 0) is 0 Å². The number of nitrogen functional groups attached to an aromatic ring is 1. The van der Waals surface area contributed by atoms with Crippen molar-refractivity contribution >= 4 is 23.3 Å². The van der Waals surface area contributed by atoms with Crippen molar-refractivity contribution in [1.29, 1.82) is 0 Å². The molecule has 1 aromatic rings. The Kier molecular flexibility index (Phi) is 3.73. The Hall–Kier alpha value is -0.900. The second-order valence-corrected chi connectivity index (χ2v) is 3.38. The molecule has 0 unspecified atom stereocenters. The van der Waals surface area contributed by atoms with Gasteiger partial charge in [-0.05, 0) is 12.3 Å². The Labute approximate surface area is 76.8 Å². The number of pyridine rings is 1. The fourth-order valence-electron chi connectivity index (χ4n) is 0.825. The first kappa shape index (κ1) is 9.19. The van der Waals surface area contributed by atoms with Crippen molar-refractivity contribution < 1.29 is 0 Å². The van der Waals surface area contributed by atoms with Crippen LogP contribution in [0.3, 0.4) is 0 Å². The smallest absolute Gasteiger partial charge is 0.127 e. The van der Waals surface area contributed by atoms with E-state index in [1.165, 1.54) is 0 Å². The van der Waals surface area contributed by atoms with Gasteiger partial charge >= 0.3 is 0 Å². The lowest BCUT2D eigenvalue weighted by Gasteiger charge is -2.03. The second-order valence-electron chi connectivity index (χ2n) is 2.39. The maximum atomic E-state index is 5.58. The molecular formula is C8H13N3S. The molecule has 0 spiro atoms. The van der Waals surface area contributed by atoms with Crippen molar-refractivity contribution in [1.82, 2.24) is 4.98 Å². The van der Waals surface area contributed by atoms with Gasteiger partial charge in [0, 0.05) is 30.2 Å². The number of hydrogen-bond donors (Lipinski definition) is 2. The standard InChI is InChI=1S/C8H13N3S/c1-12-5-4-11-8-6-7(9)2-3-10-8/h2-3,6H,4-5H2,1H3,(H3,9,10,11). The fraction of sp³-hybridized carbons (Fsp3) is 0.375. The van der Waals surface area contributed by atoms with Crippen LogP contribution in [0.4, 0.5) is 11.5 Å². The Morgan fingerprint density at radius 3 is 3.17 bits per heavy atom. The Balaban J connectivity index is 2.41. The molecule has 0 saturated carbocycles. The van der Waals surface area contributed by atoms with Gasteiger partial charge in [-0.3, -0.25) is 0 Å². The van der Waals surface area contributed by atoms with Gasteiger partial charge in [0.25, 0.3) is 0 Å². The molecule has 0 saturated heterocycles. The van der Waals surface area contributed by atoms with Gasteiger partial charge in [-0.15, -0.1) is 0 Å². The molecular weight excluding hydrogens is 170 g/mol. The van der Waals surface area contributed by atoms with Crippen LogP contribution in [0.5, 0.6) is 0 Å². The minimum absolute atomic E-state index is 0.747. The third kappa shape index (κ3) is 3.00. The number of thioether (sulfide) groups is 1. The van der Waals surface area contributed by atoms with E-state index < -0.39 is 0 Å². The summed E-state index contributed by atoms with van der Waals surface area (Å²) in [5.41, 5.74) is 6.32. The third-order valence-corrected chi connectivity index (χ3v) is 2.01. The van der Waals surface area contributed by atoms with Crippen LogP contribution >= 0.6 is 11.8 Å². The lowest BCUT2D eigenvalue weighted by atomic mass is 10.4. The SMILES string of the molecule is CSCCNc1cc(N)ccn1. The molecule has 1 heterocycles. The largest absolute Gasteiger partial charge is 0.399 e. The number of hydrogen-bond acceptors (Lipinski definition) is 4. The number of nitrogens with one attached hydrogen (secondary N) is 1. The van der Waals surface area contributed by atoms with Crippen molar-refractivity contribution in [3.05, 3.63) is 18.3 Å². The second kappa shape index (κ2) is 4.87. The average molecular weight is 183 g/mol. The average Bonchev–Trinajstić information content (AvgIpc) is 2.05. The summed E-state index contributed by atoms with van der Waals surface area (Å²) in [4.78, 5) is 4.11. The normalized spacial score (nSPS) is 9.75. The summed E-state index contributed by atoms with van der Waals surface area (Å²) in [6.45, 7) is 0.928. The lowest BCUT2D eigenvalue weighted by Crippen LogP contribution is -2.05. The highest BCUT2D eigenvalue weighted by molar-refractivity contribution is 7.98. The van der Waals surface area contributed by atoms with Crippen LogP contribution in [-0.4, -0.2) is 23.5 Å². The number of nitrogens with two attached hydrogens (primary N) is 1. The Morgan fingerprint density at radius 2 is 2.50 bits per heavy atom. The predicted molar refractivity (Wildman–Crippen MR) is 55.5 cm³/mol. The van der Waals surface area contributed by atoms with Gasteiger partial charge in [0.15, 0.2) is 0 Å². The van der Waals surface area contributed by atoms with E-state index in [2.05, 4.69) is 16.6 Å². The summed E-state index contributed by atoms with van der Waals surface area (Å²) in [5.74, 6) is 1.93. The summed E-state index contributed by atoms with van der Waals surface area (Å²) in [6.07, 6.45) is 3.78.